The Morgan fingerprint density at radius 2 is 1.53 bits per heavy atom. The number of rotatable bonds is 8. The molecular formula is C26H32N2O4. The topological polar surface area (TPSA) is 90.7 Å². The summed E-state index contributed by atoms with van der Waals surface area (Å²) in [4.78, 5) is 25.5. The van der Waals surface area contributed by atoms with Gasteiger partial charge < -0.3 is 20.5 Å². The molecule has 0 radical (unpaired) electrons. The Bertz CT molecular complexity index is 964. The van der Waals surface area contributed by atoms with E-state index in [1.54, 1.807) is 43.3 Å². The van der Waals surface area contributed by atoms with Crippen molar-refractivity contribution in [3.8, 4) is 11.8 Å². The van der Waals surface area contributed by atoms with E-state index >= 15 is 0 Å². The first-order chi connectivity index (χ1) is 15.1. The Kier molecular flexibility index (Phi) is 9.01. The van der Waals surface area contributed by atoms with Crippen molar-refractivity contribution in [3.05, 3.63) is 65.2 Å². The zero-order valence-electron chi connectivity index (χ0n) is 19.4. The number of anilines is 1. The van der Waals surface area contributed by atoms with Crippen molar-refractivity contribution in [1.82, 2.24) is 5.32 Å². The molecule has 0 bridgehead atoms. The Hall–Kier alpha value is -3.14. The number of ketones is 1. The van der Waals surface area contributed by atoms with E-state index in [0.29, 0.717) is 17.9 Å². The highest BCUT2D eigenvalue weighted by atomic mass is 16.5. The van der Waals surface area contributed by atoms with Gasteiger partial charge in [0, 0.05) is 29.0 Å². The number of hydrogen-bond donors (Lipinski definition) is 2. The quantitative estimate of drug-likeness (QED) is 0.488. The van der Waals surface area contributed by atoms with Gasteiger partial charge in [0.25, 0.3) is 5.91 Å². The second kappa shape index (κ2) is 11.5. The highest BCUT2D eigenvalue weighted by molar-refractivity contribution is 5.98. The molecule has 2 aromatic carbocycles. The second-order valence-corrected chi connectivity index (χ2v) is 8.44. The summed E-state index contributed by atoms with van der Waals surface area (Å²) in [5, 5.41) is 2.81. The van der Waals surface area contributed by atoms with Crippen molar-refractivity contribution in [3.63, 3.8) is 0 Å². The minimum Gasteiger partial charge on any atom is -0.399 e. The van der Waals surface area contributed by atoms with Crippen molar-refractivity contribution < 1.29 is 19.1 Å². The molecule has 6 nitrogen and oxygen atoms in total. The maximum Gasteiger partial charge on any atom is 0.251 e. The highest BCUT2D eigenvalue weighted by Crippen LogP contribution is 2.15. The summed E-state index contributed by atoms with van der Waals surface area (Å²) in [5.41, 5.74) is 7.96. The summed E-state index contributed by atoms with van der Waals surface area (Å²) in [6.45, 7) is 9.63. The van der Waals surface area contributed by atoms with Gasteiger partial charge in [-0.3, -0.25) is 9.59 Å². The molecule has 0 saturated heterocycles. The van der Waals surface area contributed by atoms with Gasteiger partial charge in [-0.25, -0.2) is 0 Å². The van der Waals surface area contributed by atoms with Crippen molar-refractivity contribution in [1.29, 1.82) is 0 Å². The summed E-state index contributed by atoms with van der Waals surface area (Å²) < 4.78 is 11.2. The number of Topliss-reactive ketones (excluding diaryl/α,β-unsaturated/α-hetero) is 1. The molecule has 3 N–H and O–H groups in total. The van der Waals surface area contributed by atoms with Crippen LogP contribution >= 0.6 is 0 Å². The summed E-state index contributed by atoms with van der Waals surface area (Å²) in [5.74, 6) is 5.53. The fraction of sp³-hybridized carbons (Fsp3) is 0.385. The van der Waals surface area contributed by atoms with Crippen LogP contribution in [0.1, 0.15) is 56.1 Å². The first kappa shape index (κ1) is 25.1. The van der Waals surface area contributed by atoms with Gasteiger partial charge in [0.1, 0.15) is 12.6 Å². The summed E-state index contributed by atoms with van der Waals surface area (Å²) in [6, 6.07) is 13.4. The van der Waals surface area contributed by atoms with Gasteiger partial charge in [-0.2, -0.15) is 0 Å². The minimum atomic E-state index is -0.821. The molecule has 0 spiro atoms. The Morgan fingerprint density at radius 1 is 1.00 bits per heavy atom. The van der Waals surface area contributed by atoms with Crippen LogP contribution in [-0.4, -0.2) is 42.7 Å². The van der Waals surface area contributed by atoms with Crippen LogP contribution in [0.4, 0.5) is 5.69 Å². The van der Waals surface area contributed by atoms with Gasteiger partial charge in [0.05, 0.1) is 11.7 Å². The van der Waals surface area contributed by atoms with Crippen LogP contribution in [0.3, 0.4) is 0 Å². The number of carbonyl (C=O) groups is 2. The predicted octanol–water partition coefficient (Wildman–Crippen LogP) is 3.58. The third-order valence-electron chi connectivity index (χ3n) is 4.50. The fourth-order valence-electron chi connectivity index (χ4n) is 3.02. The number of hydrogen-bond acceptors (Lipinski definition) is 5. The molecule has 0 aromatic heterocycles. The van der Waals surface area contributed by atoms with Gasteiger partial charge in [-0.05, 0) is 83.1 Å². The zero-order chi connectivity index (χ0) is 23.7. The number of carbonyl (C=O) groups excluding carboxylic acids is 2. The van der Waals surface area contributed by atoms with Gasteiger partial charge in [0.2, 0.25) is 0 Å². The standard InChI is InChI=1S/C26H32N2O4/c1-6-31-17-23(29)24(18(2)32-26(3,4)5)28-25(30)21-13-9-19(10-14-21)7-8-20-11-15-22(27)16-12-20/h9-16,18,24H,6,17,27H2,1-5H3,(H,28,30)/t18-,24?/m1/s1. The van der Waals surface area contributed by atoms with Crippen LogP contribution in [0, 0.1) is 11.8 Å². The molecule has 2 rings (SSSR count). The molecule has 0 fully saturated rings. The van der Waals surface area contributed by atoms with E-state index in [1.807, 2.05) is 39.8 Å². The molecule has 0 aliphatic rings. The lowest BCUT2D eigenvalue weighted by Crippen LogP contribution is -2.51. The lowest BCUT2D eigenvalue weighted by atomic mass is 10.0. The fourth-order valence-corrected chi connectivity index (χ4v) is 3.02. The molecule has 32 heavy (non-hydrogen) atoms. The Balaban J connectivity index is 2.11. The van der Waals surface area contributed by atoms with Crippen molar-refractivity contribution in [2.75, 3.05) is 18.9 Å². The third kappa shape index (κ3) is 8.18. The SMILES string of the molecule is CCOCC(=O)C(NC(=O)c1ccc(C#Cc2ccc(N)cc2)cc1)[C@@H](C)OC(C)(C)C. The molecule has 2 aromatic rings. The maximum atomic E-state index is 12.8. The molecule has 2 atom stereocenters. The number of nitrogens with two attached hydrogens (primary N) is 1. The molecule has 0 saturated carbocycles. The van der Waals surface area contributed by atoms with E-state index in [-0.39, 0.29) is 18.3 Å². The molecule has 1 amide bonds. The lowest BCUT2D eigenvalue weighted by molar-refractivity contribution is -0.133. The molecule has 170 valence electrons. The highest BCUT2D eigenvalue weighted by Gasteiger charge is 2.30. The lowest BCUT2D eigenvalue weighted by Gasteiger charge is -2.30. The zero-order valence-corrected chi connectivity index (χ0v) is 19.4. The number of amides is 1. The average molecular weight is 437 g/mol. The Labute approximate surface area is 190 Å². The van der Waals surface area contributed by atoms with E-state index in [2.05, 4.69) is 17.2 Å². The maximum absolute atomic E-state index is 12.8. The largest absolute Gasteiger partial charge is 0.399 e. The van der Waals surface area contributed by atoms with Crippen molar-refractivity contribution in [2.45, 2.75) is 52.4 Å². The Morgan fingerprint density at radius 3 is 2.03 bits per heavy atom. The van der Waals surface area contributed by atoms with Gasteiger partial charge in [-0.15, -0.1) is 0 Å². The summed E-state index contributed by atoms with van der Waals surface area (Å²) in [7, 11) is 0. The van der Waals surface area contributed by atoms with Crippen molar-refractivity contribution in [2.24, 2.45) is 0 Å². The van der Waals surface area contributed by atoms with E-state index in [9.17, 15) is 9.59 Å². The van der Waals surface area contributed by atoms with Crippen LogP contribution in [0.15, 0.2) is 48.5 Å². The third-order valence-corrected chi connectivity index (χ3v) is 4.50. The van der Waals surface area contributed by atoms with Gasteiger partial charge in [-0.1, -0.05) is 11.8 Å². The number of benzene rings is 2. The smallest absolute Gasteiger partial charge is 0.251 e. The van der Waals surface area contributed by atoms with Crippen LogP contribution in [-0.2, 0) is 14.3 Å². The normalized spacial score (nSPS) is 12.9. The molecule has 6 heteroatoms. The molecule has 0 heterocycles. The summed E-state index contributed by atoms with van der Waals surface area (Å²) >= 11 is 0. The number of nitrogens with one attached hydrogen (secondary N) is 1. The summed E-state index contributed by atoms with van der Waals surface area (Å²) in [6.07, 6.45) is -0.517. The molecule has 0 aliphatic heterocycles. The first-order valence-electron chi connectivity index (χ1n) is 10.7. The predicted molar refractivity (Wildman–Crippen MR) is 126 cm³/mol. The molecule has 1 unspecified atom stereocenters. The molecule has 0 aliphatic carbocycles. The minimum absolute atomic E-state index is 0.0844. The first-order valence-corrected chi connectivity index (χ1v) is 10.7. The number of ether oxygens (including phenoxy) is 2. The van der Waals surface area contributed by atoms with Gasteiger partial charge >= 0.3 is 0 Å². The van der Waals surface area contributed by atoms with E-state index in [1.165, 1.54) is 0 Å². The van der Waals surface area contributed by atoms with Crippen LogP contribution in [0.2, 0.25) is 0 Å². The second-order valence-electron chi connectivity index (χ2n) is 8.44. The van der Waals surface area contributed by atoms with E-state index < -0.39 is 17.7 Å². The van der Waals surface area contributed by atoms with E-state index in [0.717, 1.165) is 11.1 Å². The average Bonchev–Trinajstić information content (AvgIpc) is 2.74. The molecular weight excluding hydrogens is 404 g/mol. The monoisotopic (exact) mass is 436 g/mol. The van der Waals surface area contributed by atoms with Crippen LogP contribution < -0.4 is 11.1 Å². The van der Waals surface area contributed by atoms with E-state index in [4.69, 9.17) is 15.2 Å². The van der Waals surface area contributed by atoms with Crippen LogP contribution in [0.25, 0.3) is 0 Å². The number of nitrogen functional groups attached to an aromatic ring is 1. The van der Waals surface area contributed by atoms with Crippen LogP contribution in [0.5, 0.6) is 0 Å². The van der Waals surface area contributed by atoms with Crippen molar-refractivity contribution >= 4 is 17.4 Å². The van der Waals surface area contributed by atoms with Gasteiger partial charge in [0.15, 0.2) is 5.78 Å².